The molecule has 1 aliphatic carbocycles. The van der Waals surface area contributed by atoms with Crippen molar-refractivity contribution >= 4 is 21.6 Å². The van der Waals surface area contributed by atoms with Crippen molar-refractivity contribution in [3.8, 4) is 0 Å². The van der Waals surface area contributed by atoms with Crippen molar-refractivity contribution in [2.24, 2.45) is 23.5 Å². The molecule has 6 nitrogen and oxygen atoms in total. The van der Waals surface area contributed by atoms with Gasteiger partial charge in [-0.25, -0.2) is 8.42 Å². The lowest BCUT2D eigenvalue weighted by molar-refractivity contribution is -0.146. The summed E-state index contributed by atoms with van der Waals surface area (Å²) in [6.07, 6.45) is -1.70. The Morgan fingerprint density at radius 2 is 1.57 bits per heavy atom. The van der Waals surface area contributed by atoms with E-state index in [0.29, 0.717) is 32.1 Å². The van der Waals surface area contributed by atoms with Crippen LogP contribution >= 0.6 is 0 Å². The molecule has 2 N–H and O–H groups in total. The number of carbonyl (C=O) groups is 2. The number of alkyl halides is 3. The summed E-state index contributed by atoms with van der Waals surface area (Å²) in [5.74, 6) is -1.09. The van der Waals surface area contributed by atoms with Gasteiger partial charge in [-0.05, 0) is 73.8 Å². The smallest absolute Gasteiger partial charge is 0.416 e. The number of halogens is 3. The maximum Gasteiger partial charge on any atom is 0.416 e. The van der Waals surface area contributed by atoms with Crippen LogP contribution in [0.5, 0.6) is 0 Å². The molecule has 10 heteroatoms. The van der Waals surface area contributed by atoms with Crippen LogP contribution in [0.2, 0.25) is 0 Å². The summed E-state index contributed by atoms with van der Waals surface area (Å²) in [6.45, 7) is 3.98. The lowest BCUT2D eigenvalue weighted by Crippen LogP contribution is -2.34. The van der Waals surface area contributed by atoms with Crippen LogP contribution in [0.3, 0.4) is 0 Å². The maximum absolute atomic E-state index is 13.3. The van der Waals surface area contributed by atoms with E-state index in [1.54, 1.807) is 0 Å². The molecular formula is C30H38F3NO5S. The summed E-state index contributed by atoms with van der Waals surface area (Å²) in [5.41, 5.74) is 5.94. The van der Waals surface area contributed by atoms with E-state index in [1.165, 1.54) is 0 Å². The Bertz CT molecular complexity index is 1220. The molecule has 0 spiro atoms. The third-order valence-corrected chi connectivity index (χ3v) is 9.37. The zero-order chi connectivity index (χ0) is 29.5. The summed E-state index contributed by atoms with van der Waals surface area (Å²) in [5, 5.41) is 0. The fourth-order valence-corrected chi connectivity index (χ4v) is 6.91. The summed E-state index contributed by atoms with van der Waals surface area (Å²) in [7, 11) is -3.76. The Kier molecular flexibility index (Phi) is 10.9. The largest absolute Gasteiger partial charge is 0.464 e. The number of carbonyl (C=O) groups excluding carboxylic acids is 2. The first-order chi connectivity index (χ1) is 18.8. The number of nitrogens with two attached hydrogens (primary N) is 1. The minimum atomic E-state index is -4.53. The van der Waals surface area contributed by atoms with Crippen molar-refractivity contribution in [2.45, 2.75) is 75.4 Å². The molecule has 2 atom stereocenters. The number of hydrogen-bond donors (Lipinski definition) is 1. The molecule has 0 bridgehead atoms. The monoisotopic (exact) mass is 581 g/mol. The highest BCUT2D eigenvalue weighted by molar-refractivity contribution is 7.91. The summed E-state index contributed by atoms with van der Waals surface area (Å²) in [4.78, 5) is 25.5. The lowest BCUT2D eigenvalue weighted by atomic mass is 9.78. The van der Waals surface area contributed by atoms with Gasteiger partial charge in [0.1, 0.15) is 11.8 Å². The van der Waals surface area contributed by atoms with Gasteiger partial charge in [0.15, 0.2) is 9.84 Å². The van der Waals surface area contributed by atoms with Gasteiger partial charge in [0.05, 0.1) is 22.8 Å². The van der Waals surface area contributed by atoms with E-state index in [2.05, 4.69) is 0 Å². The molecule has 0 aliphatic heterocycles. The molecule has 0 amide bonds. The molecule has 2 aromatic carbocycles. The van der Waals surface area contributed by atoms with Crippen LogP contribution in [0, 0.1) is 17.8 Å². The normalized spacial score (nSPS) is 19.7. The molecule has 40 heavy (non-hydrogen) atoms. The average molecular weight is 582 g/mol. The predicted octanol–water partition coefficient (Wildman–Crippen LogP) is 5.95. The third-order valence-electron chi connectivity index (χ3n) is 7.47. The van der Waals surface area contributed by atoms with Crippen molar-refractivity contribution in [1.29, 1.82) is 0 Å². The van der Waals surface area contributed by atoms with Crippen LogP contribution in [0.4, 0.5) is 13.2 Å². The van der Waals surface area contributed by atoms with E-state index in [4.69, 9.17) is 10.5 Å². The van der Waals surface area contributed by atoms with Crippen molar-refractivity contribution in [3.63, 3.8) is 0 Å². The maximum atomic E-state index is 13.3. The number of esters is 1. The van der Waals surface area contributed by atoms with E-state index in [9.17, 15) is 31.2 Å². The third kappa shape index (κ3) is 9.16. The van der Waals surface area contributed by atoms with Crippen molar-refractivity contribution in [2.75, 3.05) is 12.4 Å². The Labute approximate surface area is 234 Å². The van der Waals surface area contributed by atoms with E-state index >= 15 is 0 Å². The fraction of sp³-hybridized carbons (Fsp3) is 0.533. The van der Waals surface area contributed by atoms with Gasteiger partial charge in [0, 0.05) is 18.3 Å². The molecule has 1 aliphatic rings. The molecule has 3 rings (SSSR count). The number of ketones is 1. The second-order valence-corrected chi connectivity index (χ2v) is 13.2. The highest BCUT2D eigenvalue weighted by Gasteiger charge is 2.33. The van der Waals surface area contributed by atoms with Crippen LogP contribution in [0.1, 0.15) is 69.4 Å². The first-order valence-corrected chi connectivity index (χ1v) is 15.3. The van der Waals surface area contributed by atoms with Crippen LogP contribution in [0.25, 0.3) is 0 Å². The highest BCUT2D eigenvalue weighted by Crippen LogP contribution is 2.35. The minimum absolute atomic E-state index is 0.0421. The standard InChI is InChI=1S/C30H38F3NO5S/c1-20(2)16-27(34)29(36)39-18-24(22-6-4-3-5-7-22)17-28(35)23-10-8-21(9-11-23)19-40(37,38)26-14-12-25(13-15-26)30(31,32)33/h3-7,12-15,20-21,23-24,27H,8-11,16-19,34H2,1-2H3/t21?,23?,24-,27+/m1/s1. The van der Waals surface area contributed by atoms with Crippen LogP contribution < -0.4 is 5.73 Å². The number of Topliss-reactive ketones (excluding diaryl/α,β-unsaturated/α-hetero) is 1. The minimum Gasteiger partial charge on any atom is -0.464 e. The number of hydrogen-bond acceptors (Lipinski definition) is 6. The van der Waals surface area contributed by atoms with E-state index in [0.717, 1.165) is 29.8 Å². The van der Waals surface area contributed by atoms with Crippen molar-refractivity contribution in [3.05, 3.63) is 65.7 Å². The van der Waals surface area contributed by atoms with E-state index in [1.807, 2.05) is 44.2 Å². The van der Waals surface area contributed by atoms with Gasteiger partial charge in [-0.15, -0.1) is 0 Å². The number of benzene rings is 2. The Morgan fingerprint density at radius 1 is 0.975 bits per heavy atom. The predicted molar refractivity (Wildman–Crippen MR) is 146 cm³/mol. The Balaban J connectivity index is 1.56. The average Bonchev–Trinajstić information content (AvgIpc) is 2.90. The van der Waals surface area contributed by atoms with Gasteiger partial charge in [-0.3, -0.25) is 9.59 Å². The van der Waals surface area contributed by atoms with Gasteiger partial charge in [0.2, 0.25) is 0 Å². The van der Waals surface area contributed by atoms with Gasteiger partial charge < -0.3 is 10.5 Å². The molecule has 0 unspecified atom stereocenters. The molecule has 1 saturated carbocycles. The molecule has 0 heterocycles. The molecule has 1 fully saturated rings. The Morgan fingerprint density at radius 3 is 2.12 bits per heavy atom. The van der Waals surface area contributed by atoms with Gasteiger partial charge >= 0.3 is 12.1 Å². The topological polar surface area (TPSA) is 104 Å². The Hall–Kier alpha value is -2.72. The SMILES string of the molecule is CC(C)C[C@H](N)C(=O)OC[C@@H](CC(=O)C1CCC(CS(=O)(=O)c2ccc(C(F)(F)F)cc2)CC1)c1ccccc1. The number of ether oxygens (including phenoxy) is 1. The quantitative estimate of drug-likeness (QED) is 0.311. The van der Waals surface area contributed by atoms with E-state index < -0.39 is 33.6 Å². The highest BCUT2D eigenvalue weighted by atomic mass is 32.2. The van der Waals surface area contributed by atoms with Crippen LogP contribution in [0.15, 0.2) is 59.5 Å². The first kappa shape index (κ1) is 31.8. The molecule has 220 valence electrons. The molecule has 0 radical (unpaired) electrons. The van der Waals surface area contributed by atoms with Gasteiger partial charge in [0.25, 0.3) is 0 Å². The molecule has 2 aromatic rings. The first-order valence-electron chi connectivity index (χ1n) is 13.7. The van der Waals surface area contributed by atoms with Crippen LogP contribution in [-0.2, 0) is 30.3 Å². The zero-order valence-electron chi connectivity index (χ0n) is 22.9. The zero-order valence-corrected chi connectivity index (χ0v) is 23.7. The van der Waals surface area contributed by atoms with E-state index in [-0.39, 0.29) is 53.1 Å². The second-order valence-electron chi connectivity index (χ2n) is 11.2. The molecule has 0 saturated heterocycles. The van der Waals surface area contributed by atoms with Crippen molar-refractivity contribution in [1.82, 2.24) is 0 Å². The lowest BCUT2D eigenvalue weighted by Gasteiger charge is -2.28. The number of sulfone groups is 1. The van der Waals surface area contributed by atoms with Gasteiger partial charge in [-0.1, -0.05) is 44.2 Å². The summed E-state index contributed by atoms with van der Waals surface area (Å²) >= 11 is 0. The van der Waals surface area contributed by atoms with Crippen molar-refractivity contribution < 1.29 is 35.9 Å². The molecule has 0 aromatic heterocycles. The summed E-state index contributed by atoms with van der Waals surface area (Å²) < 4.78 is 69.6. The van der Waals surface area contributed by atoms with Crippen LogP contribution in [-0.4, -0.2) is 38.6 Å². The summed E-state index contributed by atoms with van der Waals surface area (Å²) in [6, 6.07) is 12.2. The number of rotatable bonds is 12. The second kappa shape index (κ2) is 13.8. The molecular weight excluding hydrogens is 543 g/mol. The fourth-order valence-electron chi connectivity index (χ4n) is 5.21. The van der Waals surface area contributed by atoms with Gasteiger partial charge in [-0.2, -0.15) is 13.2 Å².